The molecule has 2 aromatic heterocycles. The molecule has 0 radical (unpaired) electrons. The van der Waals surface area contributed by atoms with Gasteiger partial charge in [-0.05, 0) is 53.6 Å². The van der Waals surface area contributed by atoms with Gasteiger partial charge < -0.3 is 9.88 Å². The summed E-state index contributed by atoms with van der Waals surface area (Å²) in [6, 6.07) is 26.2. The first kappa shape index (κ1) is 19.0. The topological polar surface area (TPSA) is 59.8 Å². The average Bonchev–Trinajstić information content (AvgIpc) is 3.18. The van der Waals surface area contributed by atoms with Crippen molar-refractivity contribution < 1.29 is 4.79 Å². The molecule has 152 valence electrons. The van der Waals surface area contributed by atoms with Crippen molar-refractivity contribution in [2.45, 2.75) is 19.5 Å². The monoisotopic (exact) mass is 406 g/mol. The van der Waals surface area contributed by atoms with Crippen molar-refractivity contribution >= 4 is 27.7 Å². The lowest BCUT2D eigenvalue weighted by Gasteiger charge is -2.17. The molecule has 31 heavy (non-hydrogen) atoms. The smallest absolute Gasteiger partial charge is 0.253 e. The number of nitrogens with zero attached hydrogens (tertiary/aromatic N) is 3. The zero-order valence-electron chi connectivity index (χ0n) is 17.2. The van der Waals surface area contributed by atoms with Gasteiger partial charge in [-0.15, -0.1) is 0 Å². The summed E-state index contributed by atoms with van der Waals surface area (Å²) in [5.41, 5.74) is 3.69. The number of para-hydroxylation sites is 2. The van der Waals surface area contributed by atoms with Gasteiger partial charge in [0.05, 0.1) is 22.6 Å². The molecule has 0 aliphatic rings. The van der Waals surface area contributed by atoms with Crippen molar-refractivity contribution in [2.75, 3.05) is 0 Å². The molecular formula is C26H22N4O. The third kappa shape index (κ3) is 3.78. The number of nitrogens with one attached hydrogen (secondary N) is 1. The lowest BCUT2D eigenvalue weighted by molar-refractivity contribution is 0.0937. The van der Waals surface area contributed by atoms with Crippen LogP contribution in [-0.2, 0) is 6.54 Å². The van der Waals surface area contributed by atoms with E-state index < -0.39 is 0 Å². The highest BCUT2D eigenvalue weighted by Crippen LogP contribution is 2.24. The molecule has 5 heteroatoms. The van der Waals surface area contributed by atoms with Crippen LogP contribution in [0.2, 0.25) is 0 Å². The van der Waals surface area contributed by atoms with E-state index in [-0.39, 0.29) is 11.9 Å². The van der Waals surface area contributed by atoms with Crippen molar-refractivity contribution in [2.24, 2.45) is 0 Å². The van der Waals surface area contributed by atoms with Crippen molar-refractivity contribution in [3.63, 3.8) is 0 Å². The summed E-state index contributed by atoms with van der Waals surface area (Å²) in [5.74, 6) is 0.663. The van der Waals surface area contributed by atoms with Crippen LogP contribution in [0, 0.1) is 0 Å². The molecule has 0 spiro atoms. The predicted octanol–water partition coefficient (Wildman–Crippen LogP) is 5.12. The summed E-state index contributed by atoms with van der Waals surface area (Å²) >= 11 is 0. The minimum Gasteiger partial charge on any atom is -0.342 e. The molecule has 1 atom stereocenters. The number of benzene rings is 3. The van der Waals surface area contributed by atoms with Gasteiger partial charge >= 0.3 is 0 Å². The Morgan fingerprint density at radius 2 is 1.77 bits per heavy atom. The summed E-state index contributed by atoms with van der Waals surface area (Å²) in [6.07, 6.45) is 3.23. The number of imidazole rings is 1. The molecule has 5 rings (SSSR count). The van der Waals surface area contributed by atoms with E-state index in [4.69, 9.17) is 4.98 Å². The number of hydrogen-bond donors (Lipinski definition) is 1. The molecule has 1 unspecified atom stereocenters. The lowest BCUT2D eigenvalue weighted by atomic mass is 10.1. The maximum absolute atomic E-state index is 12.7. The second kappa shape index (κ2) is 8.03. The standard InChI is InChI=1S/C26H22N4O/c1-18(28-26(31)22-9-6-14-27-16-22)25-29-23-10-4-5-11-24(23)30(25)17-19-12-13-20-7-2-3-8-21(20)15-19/h2-16,18H,17H2,1H3,(H,28,31). The van der Waals surface area contributed by atoms with Gasteiger partial charge in [-0.2, -0.15) is 0 Å². The molecule has 5 aromatic rings. The number of pyridine rings is 1. The van der Waals surface area contributed by atoms with Crippen LogP contribution < -0.4 is 5.32 Å². The molecule has 1 N–H and O–H groups in total. The average molecular weight is 406 g/mol. The highest BCUT2D eigenvalue weighted by atomic mass is 16.1. The van der Waals surface area contributed by atoms with Gasteiger partial charge in [-0.3, -0.25) is 9.78 Å². The third-order valence-electron chi connectivity index (χ3n) is 5.50. The van der Waals surface area contributed by atoms with E-state index in [0.717, 1.165) is 16.9 Å². The third-order valence-corrected chi connectivity index (χ3v) is 5.50. The van der Waals surface area contributed by atoms with Crippen molar-refractivity contribution in [1.82, 2.24) is 19.9 Å². The van der Waals surface area contributed by atoms with Gasteiger partial charge in [0.1, 0.15) is 5.82 Å². The maximum Gasteiger partial charge on any atom is 0.253 e. The van der Waals surface area contributed by atoms with E-state index in [1.165, 1.54) is 16.3 Å². The van der Waals surface area contributed by atoms with Crippen molar-refractivity contribution in [3.05, 3.63) is 108 Å². The molecule has 0 bridgehead atoms. The number of aromatic nitrogens is 3. The predicted molar refractivity (Wildman–Crippen MR) is 123 cm³/mol. The molecule has 3 aromatic carbocycles. The lowest BCUT2D eigenvalue weighted by Crippen LogP contribution is -2.29. The van der Waals surface area contributed by atoms with Crippen LogP contribution in [0.15, 0.2) is 91.3 Å². The summed E-state index contributed by atoms with van der Waals surface area (Å²) in [5, 5.41) is 5.50. The Hall–Kier alpha value is -3.99. The van der Waals surface area contributed by atoms with Gasteiger partial charge in [0.15, 0.2) is 0 Å². The first-order valence-corrected chi connectivity index (χ1v) is 10.3. The number of carbonyl (C=O) groups excluding carboxylic acids is 1. The number of rotatable bonds is 5. The largest absolute Gasteiger partial charge is 0.342 e. The van der Waals surface area contributed by atoms with Crippen LogP contribution in [0.5, 0.6) is 0 Å². The van der Waals surface area contributed by atoms with E-state index in [1.807, 2.05) is 25.1 Å². The minimum atomic E-state index is -0.263. The van der Waals surface area contributed by atoms with Crippen LogP contribution in [0.1, 0.15) is 34.7 Å². The zero-order chi connectivity index (χ0) is 21.2. The van der Waals surface area contributed by atoms with E-state index in [2.05, 4.69) is 63.4 Å². The molecule has 0 aliphatic heterocycles. The summed E-state index contributed by atoms with van der Waals surface area (Å²) in [7, 11) is 0. The zero-order valence-corrected chi connectivity index (χ0v) is 17.2. The SMILES string of the molecule is CC(NC(=O)c1cccnc1)c1nc2ccccc2n1Cc1ccc2ccccc2c1. The molecule has 5 nitrogen and oxygen atoms in total. The highest BCUT2D eigenvalue weighted by molar-refractivity contribution is 5.94. The molecule has 2 heterocycles. The fourth-order valence-electron chi connectivity index (χ4n) is 3.95. The Morgan fingerprint density at radius 1 is 0.968 bits per heavy atom. The van der Waals surface area contributed by atoms with E-state index in [9.17, 15) is 4.79 Å². The molecule has 0 saturated carbocycles. The Labute approximate surface area is 180 Å². The number of carbonyl (C=O) groups is 1. The van der Waals surface area contributed by atoms with Crippen molar-refractivity contribution in [1.29, 1.82) is 0 Å². The van der Waals surface area contributed by atoms with Crippen LogP contribution in [0.4, 0.5) is 0 Å². The maximum atomic E-state index is 12.7. The quantitative estimate of drug-likeness (QED) is 0.440. The van der Waals surface area contributed by atoms with Crippen LogP contribution >= 0.6 is 0 Å². The van der Waals surface area contributed by atoms with Gasteiger partial charge in [0.25, 0.3) is 5.91 Å². The normalized spacial score (nSPS) is 12.2. The summed E-state index contributed by atoms with van der Waals surface area (Å²) < 4.78 is 2.19. The van der Waals surface area contributed by atoms with E-state index in [1.54, 1.807) is 24.5 Å². The first-order chi connectivity index (χ1) is 15.2. The van der Waals surface area contributed by atoms with Crippen LogP contribution in [-0.4, -0.2) is 20.4 Å². The second-order valence-electron chi connectivity index (χ2n) is 7.66. The Bertz CT molecular complexity index is 1370. The molecule has 1 amide bonds. The highest BCUT2D eigenvalue weighted by Gasteiger charge is 2.19. The Kier molecular flexibility index (Phi) is 4.92. The molecule has 0 aliphatic carbocycles. The Balaban J connectivity index is 1.51. The van der Waals surface area contributed by atoms with Gasteiger partial charge in [-0.1, -0.05) is 48.5 Å². The summed E-state index contributed by atoms with van der Waals surface area (Å²) in [4.78, 5) is 21.6. The number of fused-ring (bicyclic) bond motifs is 2. The van der Waals surface area contributed by atoms with Gasteiger partial charge in [0.2, 0.25) is 0 Å². The van der Waals surface area contributed by atoms with Crippen LogP contribution in [0.3, 0.4) is 0 Å². The van der Waals surface area contributed by atoms with E-state index in [0.29, 0.717) is 12.1 Å². The fraction of sp³-hybridized carbons (Fsp3) is 0.115. The van der Waals surface area contributed by atoms with Gasteiger partial charge in [0, 0.05) is 18.9 Å². The fourth-order valence-corrected chi connectivity index (χ4v) is 3.95. The molecule has 0 saturated heterocycles. The van der Waals surface area contributed by atoms with Crippen molar-refractivity contribution in [3.8, 4) is 0 Å². The Morgan fingerprint density at radius 3 is 2.61 bits per heavy atom. The molecule has 0 fully saturated rings. The number of amides is 1. The first-order valence-electron chi connectivity index (χ1n) is 10.3. The number of hydrogen-bond acceptors (Lipinski definition) is 3. The minimum absolute atomic E-state index is 0.162. The summed E-state index contributed by atoms with van der Waals surface area (Å²) in [6.45, 7) is 2.64. The van der Waals surface area contributed by atoms with Crippen LogP contribution in [0.25, 0.3) is 21.8 Å². The second-order valence-corrected chi connectivity index (χ2v) is 7.66. The van der Waals surface area contributed by atoms with Gasteiger partial charge in [-0.25, -0.2) is 4.98 Å². The van der Waals surface area contributed by atoms with E-state index >= 15 is 0 Å². The molecular weight excluding hydrogens is 384 g/mol.